The summed E-state index contributed by atoms with van der Waals surface area (Å²) in [6.07, 6.45) is 0. The molecule has 1 saturated heterocycles. The number of aryl methyl sites for hydroxylation is 1. The Labute approximate surface area is 107 Å². The molecule has 0 radical (unpaired) electrons. The number of hydrogen-bond donors (Lipinski definition) is 1. The Morgan fingerprint density at radius 3 is 2.72 bits per heavy atom. The third kappa shape index (κ3) is 2.31. The van der Waals surface area contributed by atoms with Crippen LogP contribution in [0.25, 0.3) is 0 Å². The molecule has 0 saturated carbocycles. The lowest BCUT2D eigenvalue weighted by molar-refractivity contribution is 0.0599. The fourth-order valence-electron chi connectivity index (χ4n) is 2.23. The topological polar surface area (TPSA) is 68.5 Å². The van der Waals surface area contributed by atoms with Crippen molar-refractivity contribution >= 4 is 11.8 Å². The molecule has 2 rings (SSSR count). The third-order valence-electron chi connectivity index (χ3n) is 3.47. The summed E-state index contributed by atoms with van der Waals surface area (Å²) in [7, 11) is 1.37. The quantitative estimate of drug-likeness (QED) is 0.791. The molecule has 0 spiro atoms. The van der Waals surface area contributed by atoms with Crippen LogP contribution in [0.2, 0.25) is 0 Å². The highest BCUT2D eigenvalue weighted by molar-refractivity contribution is 5.90. The summed E-state index contributed by atoms with van der Waals surface area (Å²) in [5.74, 6) is 0.991. The zero-order valence-corrected chi connectivity index (χ0v) is 11.0. The fraction of sp³-hybridized carbons (Fsp3) is 0.538. The summed E-state index contributed by atoms with van der Waals surface area (Å²) < 4.78 is 4.70. The van der Waals surface area contributed by atoms with Crippen molar-refractivity contribution in [2.24, 2.45) is 11.7 Å². The summed E-state index contributed by atoms with van der Waals surface area (Å²) in [5, 5.41) is 0. The molecule has 5 nitrogen and oxygen atoms in total. The lowest BCUT2D eigenvalue weighted by Crippen LogP contribution is -2.28. The minimum atomic E-state index is -0.349. The smallest absolute Gasteiger partial charge is 0.339 e. The van der Waals surface area contributed by atoms with E-state index >= 15 is 0 Å². The Bertz CT molecular complexity index is 452. The summed E-state index contributed by atoms with van der Waals surface area (Å²) in [5.41, 5.74) is 7.20. The van der Waals surface area contributed by atoms with Crippen molar-refractivity contribution in [3.63, 3.8) is 0 Å². The number of ether oxygens (including phenoxy) is 1. The van der Waals surface area contributed by atoms with Crippen molar-refractivity contribution in [3.8, 4) is 0 Å². The van der Waals surface area contributed by atoms with Gasteiger partial charge in [-0.15, -0.1) is 0 Å². The highest BCUT2D eigenvalue weighted by Crippen LogP contribution is 2.22. The van der Waals surface area contributed by atoms with E-state index in [0.717, 1.165) is 18.9 Å². The number of methoxy groups -OCH3 is 1. The number of pyridine rings is 1. The molecule has 0 aromatic carbocycles. The van der Waals surface area contributed by atoms with E-state index in [1.54, 1.807) is 6.07 Å². The minimum Gasteiger partial charge on any atom is -0.465 e. The van der Waals surface area contributed by atoms with Gasteiger partial charge < -0.3 is 15.4 Å². The van der Waals surface area contributed by atoms with Crippen LogP contribution in [0, 0.1) is 12.8 Å². The molecule has 2 atom stereocenters. The van der Waals surface area contributed by atoms with Crippen molar-refractivity contribution in [2.75, 3.05) is 25.1 Å². The van der Waals surface area contributed by atoms with Gasteiger partial charge in [0.15, 0.2) is 0 Å². The van der Waals surface area contributed by atoms with Crippen molar-refractivity contribution in [3.05, 3.63) is 23.4 Å². The van der Waals surface area contributed by atoms with Gasteiger partial charge >= 0.3 is 5.97 Å². The van der Waals surface area contributed by atoms with Crippen molar-refractivity contribution < 1.29 is 9.53 Å². The SMILES string of the molecule is COC(=O)c1ccc(N2CC(C)C(N)C2)nc1C. The Morgan fingerprint density at radius 2 is 2.22 bits per heavy atom. The van der Waals surface area contributed by atoms with E-state index in [1.165, 1.54) is 7.11 Å². The summed E-state index contributed by atoms with van der Waals surface area (Å²) in [4.78, 5) is 18.1. The predicted molar refractivity (Wildman–Crippen MR) is 69.7 cm³/mol. The van der Waals surface area contributed by atoms with Crippen LogP contribution < -0.4 is 10.6 Å². The number of nitrogens with two attached hydrogens (primary N) is 1. The van der Waals surface area contributed by atoms with E-state index in [9.17, 15) is 4.79 Å². The Balaban J connectivity index is 2.22. The number of rotatable bonds is 2. The van der Waals surface area contributed by atoms with Crippen molar-refractivity contribution in [1.29, 1.82) is 0 Å². The zero-order valence-electron chi connectivity index (χ0n) is 11.0. The molecule has 1 aliphatic heterocycles. The van der Waals surface area contributed by atoms with E-state index < -0.39 is 0 Å². The molecular weight excluding hydrogens is 230 g/mol. The first-order chi connectivity index (χ1) is 8.52. The van der Waals surface area contributed by atoms with Gasteiger partial charge in [0.1, 0.15) is 5.82 Å². The van der Waals surface area contributed by atoms with E-state index in [0.29, 0.717) is 17.2 Å². The van der Waals surface area contributed by atoms with Gasteiger partial charge in [-0.2, -0.15) is 0 Å². The predicted octanol–water partition coefficient (Wildman–Crippen LogP) is 0.960. The molecule has 0 bridgehead atoms. The second kappa shape index (κ2) is 4.94. The molecule has 5 heteroatoms. The lowest BCUT2D eigenvalue weighted by atomic mass is 10.1. The van der Waals surface area contributed by atoms with Gasteiger partial charge in [-0.25, -0.2) is 9.78 Å². The Morgan fingerprint density at radius 1 is 1.50 bits per heavy atom. The maximum absolute atomic E-state index is 11.5. The van der Waals surface area contributed by atoms with Crippen LogP contribution in [0.15, 0.2) is 12.1 Å². The molecule has 1 fully saturated rings. The van der Waals surface area contributed by atoms with E-state index in [2.05, 4.69) is 16.8 Å². The second-order valence-corrected chi connectivity index (χ2v) is 4.84. The molecule has 98 valence electrons. The second-order valence-electron chi connectivity index (χ2n) is 4.84. The average molecular weight is 249 g/mol. The average Bonchev–Trinajstić information content (AvgIpc) is 2.68. The van der Waals surface area contributed by atoms with Gasteiger partial charge in [0, 0.05) is 19.1 Å². The molecule has 1 aliphatic rings. The van der Waals surface area contributed by atoms with Crippen LogP contribution >= 0.6 is 0 Å². The number of hydrogen-bond acceptors (Lipinski definition) is 5. The molecule has 1 aromatic heterocycles. The van der Waals surface area contributed by atoms with Crippen LogP contribution in [0.4, 0.5) is 5.82 Å². The molecule has 2 N–H and O–H groups in total. The Hall–Kier alpha value is -1.62. The van der Waals surface area contributed by atoms with Crippen LogP contribution in [0.3, 0.4) is 0 Å². The summed E-state index contributed by atoms with van der Waals surface area (Å²) in [6, 6.07) is 3.80. The first kappa shape index (κ1) is 12.8. The van der Waals surface area contributed by atoms with Gasteiger partial charge in [0.25, 0.3) is 0 Å². The van der Waals surface area contributed by atoms with Gasteiger partial charge in [0.05, 0.1) is 18.4 Å². The molecule has 0 aliphatic carbocycles. The highest BCUT2D eigenvalue weighted by Gasteiger charge is 2.27. The van der Waals surface area contributed by atoms with Gasteiger partial charge in [-0.05, 0) is 25.0 Å². The zero-order chi connectivity index (χ0) is 13.3. The normalized spacial score (nSPS) is 23.2. The fourth-order valence-corrected chi connectivity index (χ4v) is 2.23. The molecule has 1 aromatic rings. The lowest BCUT2D eigenvalue weighted by Gasteiger charge is -2.18. The van der Waals surface area contributed by atoms with Gasteiger partial charge in [0.2, 0.25) is 0 Å². The number of nitrogens with zero attached hydrogens (tertiary/aromatic N) is 2. The van der Waals surface area contributed by atoms with Crippen LogP contribution in [0.5, 0.6) is 0 Å². The standard InChI is InChI=1S/C13H19N3O2/c1-8-6-16(7-11(8)14)12-5-4-10(9(2)15-12)13(17)18-3/h4-5,8,11H,6-7,14H2,1-3H3. The van der Waals surface area contributed by atoms with Gasteiger partial charge in [-0.1, -0.05) is 6.92 Å². The number of carbonyl (C=O) groups is 1. The molecule has 0 amide bonds. The number of anilines is 1. The molecule has 2 unspecified atom stereocenters. The maximum atomic E-state index is 11.5. The van der Waals surface area contributed by atoms with E-state index in [-0.39, 0.29) is 12.0 Å². The first-order valence-corrected chi connectivity index (χ1v) is 6.09. The summed E-state index contributed by atoms with van der Waals surface area (Å²) >= 11 is 0. The van der Waals surface area contributed by atoms with Crippen LogP contribution in [0.1, 0.15) is 23.0 Å². The summed E-state index contributed by atoms with van der Waals surface area (Å²) in [6.45, 7) is 5.67. The number of carbonyl (C=O) groups excluding carboxylic acids is 1. The van der Waals surface area contributed by atoms with E-state index in [4.69, 9.17) is 10.5 Å². The van der Waals surface area contributed by atoms with Crippen LogP contribution in [-0.4, -0.2) is 37.2 Å². The largest absolute Gasteiger partial charge is 0.465 e. The number of esters is 1. The van der Waals surface area contributed by atoms with E-state index in [1.807, 2.05) is 13.0 Å². The third-order valence-corrected chi connectivity index (χ3v) is 3.47. The van der Waals surface area contributed by atoms with Gasteiger partial charge in [-0.3, -0.25) is 0 Å². The van der Waals surface area contributed by atoms with Crippen LogP contribution in [-0.2, 0) is 4.74 Å². The minimum absolute atomic E-state index is 0.187. The Kier molecular flexibility index (Phi) is 3.52. The highest BCUT2D eigenvalue weighted by atomic mass is 16.5. The van der Waals surface area contributed by atoms with Crippen molar-refractivity contribution in [2.45, 2.75) is 19.9 Å². The first-order valence-electron chi connectivity index (χ1n) is 6.09. The number of aromatic nitrogens is 1. The molecule has 18 heavy (non-hydrogen) atoms. The van der Waals surface area contributed by atoms with Crippen molar-refractivity contribution in [1.82, 2.24) is 4.98 Å². The maximum Gasteiger partial charge on any atom is 0.339 e. The molecule has 2 heterocycles. The monoisotopic (exact) mass is 249 g/mol. The molecular formula is C13H19N3O2.